The van der Waals surface area contributed by atoms with Crippen molar-refractivity contribution >= 4 is 29.1 Å². The lowest BCUT2D eigenvalue weighted by Gasteiger charge is -2.35. The first kappa shape index (κ1) is 17.9. The summed E-state index contributed by atoms with van der Waals surface area (Å²) in [6.07, 6.45) is 0.442. The average molecular weight is 375 g/mol. The second kappa shape index (κ2) is 6.79. The van der Waals surface area contributed by atoms with Gasteiger partial charge in [0.15, 0.2) is 0 Å². The predicted octanol–water partition coefficient (Wildman–Crippen LogP) is 2.90. The third-order valence-electron chi connectivity index (χ3n) is 4.93. The fraction of sp³-hybridized carbons (Fsp3) is 0.588. The Balaban J connectivity index is 1.72. The molecule has 1 aromatic carbocycles. The molecule has 1 aliphatic carbocycles. The van der Waals surface area contributed by atoms with Crippen LogP contribution in [0.4, 0.5) is 4.39 Å². The molecule has 1 N–H and O–H groups in total. The molecule has 1 saturated heterocycles. The molecule has 1 heterocycles. The molecule has 0 spiro atoms. The Labute approximate surface area is 151 Å². The minimum atomic E-state index is -0.996. The topological polar surface area (TPSA) is 41.6 Å². The second-order valence-electron chi connectivity index (χ2n) is 6.64. The molecular formula is C17H21Cl2FN2O2. The van der Waals surface area contributed by atoms with E-state index in [4.69, 9.17) is 27.9 Å². The summed E-state index contributed by atoms with van der Waals surface area (Å²) >= 11 is 12.1. The largest absolute Gasteiger partial charge is 0.379 e. The van der Waals surface area contributed by atoms with E-state index in [0.29, 0.717) is 26.2 Å². The number of nitrogens with one attached hydrogen (secondary N) is 1. The summed E-state index contributed by atoms with van der Waals surface area (Å²) in [5.41, 5.74) is 0.0781. The van der Waals surface area contributed by atoms with Crippen LogP contribution in [0.1, 0.15) is 24.9 Å². The number of hydrogen-bond donors (Lipinski definition) is 1. The first-order valence-corrected chi connectivity index (χ1v) is 8.82. The van der Waals surface area contributed by atoms with Gasteiger partial charge in [0.2, 0.25) is 5.91 Å². The molecule has 132 valence electrons. The van der Waals surface area contributed by atoms with Crippen LogP contribution in [0.2, 0.25) is 0 Å². The van der Waals surface area contributed by atoms with Crippen molar-refractivity contribution < 1.29 is 13.9 Å². The summed E-state index contributed by atoms with van der Waals surface area (Å²) < 4.78 is 18.0. The van der Waals surface area contributed by atoms with E-state index in [1.54, 1.807) is 13.0 Å². The number of morpholine rings is 1. The summed E-state index contributed by atoms with van der Waals surface area (Å²) in [6, 6.07) is 6.38. The third kappa shape index (κ3) is 3.54. The van der Waals surface area contributed by atoms with Crippen LogP contribution in [0.15, 0.2) is 24.3 Å². The minimum Gasteiger partial charge on any atom is -0.379 e. The maximum absolute atomic E-state index is 13.6. The van der Waals surface area contributed by atoms with E-state index in [2.05, 4.69) is 10.2 Å². The predicted molar refractivity (Wildman–Crippen MR) is 91.7 cm³/mol. The summed E-state index contributed by atoms with van der Waals surface area (Å²) in [7, 11) is 0. The maximum atomic E-state index is 13.6. The molecular weight excluding hydrogens is 354 g/mol. The molecule has 2 atom stereocenters. The van der Waals surface area contributed by atoms with E-state index < -0.39 is 9.75 Å². The van der Waals surface area contributed by atoms with E-state index in [1.165, 1.54) is 12.1 Å². The van der Waals surface area contributed by atoms with Crippen LogP contribution in [-0.4, -0.2) is 48.0 Å². The van der Waals surface area contributed by atoms with Gasteiger partial charge in [0, 0.05) is 19.6 Å². The van der Waals surface area contributed by atoms with Crippen molar-refractivity contribution in [1.29, 1.82) is 0 Å². The van der Waals surface area contributed by atoms with Gasteiger partial charge in [0.25, 0.3) is 0 Å². The quantitative estimate of drug-likeness (QED) is 0.805. The molecule has 1 saturated carbocycles. The number of alkyl halides is 2. The number of amides is 1. The Kier molecular flexibility index (Phi) is 5.07. The van der Waals surface area contributed by atoms with Gasteiger partial charge in [-0.05, 0) is 31.0 Å². The highest BCUT2D eigenvalue weighted by molar-refractivity contribution is 6.53. The average Bonchev–Trinajstić information content (AvgIpc) is 3.08. The van der Waals surface area contributed by atoms with Gasteiger partial charge in [-0.25, -0.2) is 4.39 Å². The Morgan fingerprint density at radius 1 is 1.42 bits per heavy atom. The molecule has 4 nitrogen and oxygen atoms in total. The maximum Gasteiger partial charge on any atom is 0.229 e. The van der Waals surface area contributed by atoms with E-state index in [1.807, 2.05) is 6.07 Å². The van der Waals surface area contributed by atoms with Gasteiger partial charge in [0.05, 0.1) is 24.7 Å². The van der Waals surface area contributed by atoms with Crippen LogP contribution in [0.5, 0.6) is 0 Å². The minimum absolute atomic E-state index is 0.115. The van der Waals surface area contributed by atoms with Gasteiger partial charge in [0.1, 0.15) is 10.2 Å². The van der Waals surface area contributed by atoms with Crippen molar-refractivity contribution in [3.63, 3.8) is 0 Å². The highest BCUT2D eigenvalue weighted by Gasteiger charge is 2.67. The second-order valence-corrected chi connectivity index (χ2v) is 8.13. The van der Waals surface area contributed by atoms with Crippen molar-refractivity contribution in [3.05, 3.63) is 35.6 Å². The molecule has 0 unspecified atom stereocenters. The molecule has 1 aromatic rings. The molecule has 24 heavy (non-hydrogen) atoms. The summed E-state index contributed by atoms with van der Waals surface area (Å²) in [5, 5.41) is 2.94. The molecule has 7 heteroatoms. The molecule has 1 aliphatic heterocycles. The van der Waals surface area contributed by atoms with Crippen LogP contribution in [0.25, 0.3) is 0 Å². The fourth-order valence-electron chi connectivity index (χ4n) is 3.09. The molecule has 0 bridgehead atoms. The van der Waals surface area contributed by atoms with Gasteiger partial charge in [-0.2, -0.15) is 0 Å². The zero-order chi connectivity index (χ0) is 17.4. The smallest absolute Gasteiger partial charge is 0.229 e. The number of rotatable bonds is 5. The van der Waals surface area contributed by atoms with Gasteiger partial charge >= 0.3 is 0 Å². The standard InChI is InChI=1S/C17H21Cl2FN2O2/c1-16(11-17(16,18)19)15(23)21-10-14(22-5-7-24-8-6-22)12-3-2-4-13(20)9-12/h2-4,9,14H,5-8,10-11H2,1H3,(H,21,23)/t14-,16+/m0/s1. The van der Waals surface area contributed by atoms with Crippen LogP contribution in [-0.2, 0) is 9.53 Å². The zero-order valence-corrected chi connectivity index (χ0v) is 15.0. The third-order valence-corrected chi connectivity index (χ3v) is 6.04. The Morgan fingerprint density at radius 2 is 2.08 bits per heavy atom. The molecule has 2 aliphatic rings. The molecule has 3 rings (SSSR count). The van der Waals surface area contributed by atoms with Gasteiger partial charge in [-0.15, -0.1) is 23.2 Å². The zero-order valence-electron chi connectivity index (χ0n) is 13.5. The normalized spacial score (nSPS) is 27.5. The summed E-state index contributed by atoms with van der Waals surface area (Å²) in [4.78, 5) is 14.6. The van der Waals surface area contributed by atoms with Crippen LogP contribution in [0, 0.1) is 11.2 Å². The molecule has 1 amide bonds. The SMILES string of the molecule is C[C@]1(C(=O)NC[C@@H](c2cccc(F)c2)N2CCOCC2)CC1(Cl)Cl. The lowest BCUT2D eigenvalue weighted by atomic mass is 10.0. The summed E-state index contributed by atoms with van der Waals surface area (Å²) in [5.74, 6) is -0.450. The number of ether oxygens (including phenoxy) is 1. The number of halogens is 3. The first-order valence-electron chi connectivity index (χ1n) is 8.07. The molecule has 2 fully saturated rings. The van der Waals surface area contributed by atoms with E-state index in [0.717, 1.165) is 18.7 Å². The van der Waals surface area contributed by atoms with Crippen LogP contribution in [0.3, 0.4) is 0 Å². The Morgan fingerprint density at radius 3 is 2.67 bits per heavy atom. The number of nitrogens with zero attached hydrogens (tertiary/aromatic N) is 1. The van der Waals surface area contributed by atoms with E-state index in [-0.39, 0.29) is 17.8 Å². The van der Waals surface area contributed by atoms with Gasteiger partial charge in [-0.1, -0.05) is 12.1 Å². The van der Waals surface area contributed by atoms with Crippen molar-refractivity contribution in [1.82, 2.24) is 10.2 Å². The van der Waals surface area contributed by atoms with E-state index >= 15 is 0 Å². The van der Waals surface area contributed by atoms with E-state index in [9.17, 15) is 9.18 Å². The van der Waals surface area contributed by atoms with Crippen molar-refractivity contribution in [3.8, 4) is 0 Å². The highest BCUT2D eigenvalue weighted by Crippen LogP contribution is 2.63. The van der Waals surface area contributed by atoms with Crippen molar-refractivity contribution in [2.24, 2.45) is 5.41 Å². The molecule has 0 radical (unpaired) electrons. The number of hydrogen-bond acceptors (Lipinski definition) is 3. The van der Waals surface area contributed by atoms with Crippen molar-refractivity contribution in [2.75, 3.05) is 32.8 Å². The Hall–Kier alpha value is -0.880. The van der Waals surface area contributed by atoms with Gasteiger partial charge in [-0.3, -0.25) is 9.69 Å². The first-order chi connectivity index (χ1) is 11.3. The fourth-order valence-corrected chi connectivity index (χ4v) is 3.80. The number of carbonyl (C=O) groups is 1. The monoisotopic (exact) mass is 374 g/mol. The lowest BCUT2D eigenvalue weighted by molar-refractivity contribution is -0.126. The lowest BCUT2D eigenvalue weighted by Crippen LogP contribution is -2.45. The number of benzene rings is 1. The summed E-state index contributed by atoms with van der Waals surface area (Å²) in [6.45, 7) is 4.87. The Bertz CT molecular complexity index is 622. The number of carbonyl (C=O) groups excluding carboxylic acids is 1. The van der Waals surface area contributed by atoms with Crippen LogP contribution >= 0.6 is 23.2 Å². The van der Waals surface area contributed by atoms with Crippen molar-refractivity contribution in [2.45, 2.75) is 23.7 Å². The highest BCUT2D eigenvalue weighted by atomic mass is 35.5. The van der Waals surface area contributed by atoms with Gasteiger partial charge < -0.3 is 10.1 Å². The van der Waals surface area contributed by atoms with Crippen LogP contribution < -0.4 is 5.32 Å². The molecule has 0 aromatic heterocycles.